The van der Waals surface area contributed by atoms with E-state index in [4.69, 9.17) is 14.2 Å². The zero-order valence-corrected chi connectivity index (χ0v) is 14.4. The molecule has 0 bridgehead atoms. The van der Waals surface area contributed by atoms with E-state index in [2.05, 4.69) is 0 Å². The lowest BCUT2D eigenvalue weighted by Crippen LogP contribution is -2.51. The lowest BCUT2D eigenvalue weighted by molar-refractivity contribution is -0.143. The fourth-order valence-corrected chi connectivity index (χ4v) is 3.91. The summed E-state index contributed by atoms with van der Waals surface area (Å²) < 4.78 is 17.0. The van der Waals surface area contributed by atoms with Gasteiger partial charge < -0.3 is 19.1 Å². The van der Waals surface area contributed by atoms with E-state index < -0.39 is 0 Å². The molecule has 0 aromatic heterocycles. The molecule has 1 unspecified atom stereocenters. The lowest BCUT2D eigenvalue weighted by atomic mass is 9.66. The molecule has 132 valence electrons. The van der Waals surface area contributed by atoms with Crippen LogP contribution in [0.5, 0.6) is 0 Å². The number of likely N-dealkylation sites (tertiary alicyclic amines) is 1. The summed E-state index contributed by atoms with van der Waals surface area (Å²) >= 11 is 0. The van der Waals surface area contributed by atoms with Gasteiger partial charge in [-0.25, -0.2) is 0 Å². The van der Waals surface area contributed by atoms with Crippen LogP contribution in [-0.2, 0) is 19.0 Å². The highest BCUT2D eigenvalue weighted by atomic mass is 16.5. The van der Waals surface area contributed by atoms with Gasteiger partial charge in [0.05, 0.1) is 13.2 Å². The van der Waals surface area contributed by atoms with Crippen LogP contribution in [0.3, 0.4) is 0 Å². The molecule has 23 heavy (non-hydrogen) atoms. The quantitative estimate of drug-likeness (QED) is 0.719. The van der Waals surface area contributed by atoms with Crippen LogP contribution in [0.15, 0.2) is 0 Å². The van der Waals surface area contributed by atoms with Gasteiger partial charge in [-0.3, -0.25) is 4.79 Å². The van der Waals surface area contributed by atoms with Crippen molar-refractivity contribution in [3.05, 3.63) is 0 Å². The first-order valence-corrected chi connectivity index (χ1v) is 9.24. The Morgan fingerprint density at radius 2 is 1.96 bits per heavy atom. The summed E-state index contributed by atoms with van der Waals surface area (Å²) in [4.78, 5) is 14.1. The van der Waals surface area contributed by atoms with E-state index in [1.807, 2.05) is 11.8 Å². The van der Waals surface area contributed by atoms with Gasteiger partial charge in [0.2, 0.25) is 5.91 Å². The largest absolute Gasteiger partial charge is 0.381 e. The predicted octanol–water partition coefficient (Wildman–Crippen LogP) is 2.09. The molecule has 1 aliphatic carbocycles. The molecule has 3 rings (SSSR count). The molecule has 1 saturated carbocycles. The van der Waals surface area contributed by atoms with Gasteiger partial charge in [0.15, 0.2) is 0 Å². The maximum atomic E-state index is 12.1. The monoisotopic (exact) mass is 325 g/mol. The summed E-state index contributed by atoms with van der Waals surface area (Å²) in [6.45, 7) is 7.86. The number of rotatable bonds is 7. The Labute approximate surface area is 139 Å². The molecule has 0 radical (unpaired) electrons. The van der Waals surface area contributed by atoms with Crippen molar-refractivity contribution in [2.24, 2.45) is 17.3 Å². The van der Waals surface area contributed by atoms with E-state index in [1.54, 1.807) is 0 Å². The zero-order valence-electron chi connectivity index (χ0n) is 14.4. The molecule has 5 heteroatoms. The van der Waals surface area contributed by atoms with Crippen molar-refractivity contribution in [2.45, 2.75) is 39.0 Å². The van der Waals surface area contributed by atoms with Crippen molar-refractivity contribution in [3.8, 4) is 0 Å². The molecule has 0 aromatic rings. The van der Waals surface area contributed by atoms with Crippen molar-refractivity contribution in [1.29, 1.82) is 0 Å². The standard InChI is InChI=1S/C18H31NO4/c1-2-21-14-17(20)19-8-5-18(6-9-19)7-10-22-12-16(18)13-23-11-15-3-4-15/h15-16H,2-14H2,1H3. The van der Waals surface area contributed by atoms with E-state index in [9.17, 15) is 4.79 Å². The number of carbonyl (C=O) groups is 1. The van der Waals surface area contributed by atoms with Crippen LogP contribution in [0.2, 0.25) is 0 Å². The maximum absolute atomic E-state index is 12.1. The molecule has 3 fully saturated rings. The van der Waals surface area contributed by atoms with Gasteiger partial charge in [0.1, 0.15) is 6.61 Å². The topological polar surface area (TPSA) is 48.0 Å². The second-order valence-electron chi connectivity index (χ2n) is 7.38. The minimum Gasteiger partial charge on any atom is -0.381 e. The third kappa shape index (κ3) is 4.46. The van der Waals surface area contributed by atoms with Crippen LogP contribution in [0.4, 0.5) is 0 Å². The summed E-state index contributed by atoms with van der Waals surface area (Å²) in [5.41, 5.74) is 0.310. The first-order valence-electron chi connectivity index (χ1n) is 9.24. The third-order valence-corrected chi connectivity index (χ3v) is 5.84. The van der Waals surface area contributed by atoms with Crippen LogP contribution in [-0.4, -0.2) is 63.5 Å². The molecule has 2 aliphatic heterocycles. The molecule has 1 spiro atoms. The second kappa shape index (κ2) is 7.95. The van der Waals surface area contributed by atoms with Crippen molar-refractivity contribution < 1.29 is 19.0 Å². The Morgan fingerprint density at radius 3 is 2.65 bits per heavy atom. The fourth-order valence-electron chi connectivity index (χ4n) is 3.91. The van der Waals surface area contributed by atoms with Crippen LogP contribution in [0.1, 0.15) is 39.0 Å². The smallest absolute Gasteiger partial charge is 0.248 e. The number of ether oxygens (including phenoxy) is 3. The summed E-state index contributed by atoms with van der Waals surface area (Å²) in [7, 11) is 0. The number of piperidine rings is 1. The predicted molar refractivity (Wildman–Crippen MR) is 87.2 cm³/mol. The van der Waals surface area contributed by atoms with Crippen molar-refractivity contribution in [1.82, 2.24) is 4.90 Å². The molecule has 0 N–H and O–H groups in total. The first kappa shape index (κ1) is 17.2. The minimum absolute atomic E-state index is 0.135. The molecule has 2 saturated heterocycles. The summed E-state index contributed by atoms with van der Waals surface area (Å²) in [5, 5.41) is 0. The van der Waals surface area contributed by atoms with Gasteiger partial charge in [-0.05, 0) is 50.4 Å². The Kier molecular flexibility index (Phi) is 5.94. The summed E-state index contributed by atoms with van der Waals surface area (Å²) in [6.07, 6.45) is 5.93. The number of amides is 1. The molecule has 5 nitrogen and oxygen atoms in total. The highest BCUT2D eigenvalue weighted by Gasteiger charge is 2.44. The fraction of sp³-hybridized carbons (Fsp3) is 0.944. The van der Waals surface area contributed by atoms with Gasteiger partial charge in [-0.15, -0.1) is 0 Å². The zero-order chi connectivity index (χ0) is 16.1. The van der Waals surface area contributed by atoms with Crippen molar-refractivity contribution >= 4 is 5.91 Å². The highest BCUT2D eigenvalue weighted by molar-refractivity contribution is 5.77. The van der Waals surface area contributed by atoms with E-state index in [1.165, 1.54) is 12.8 Å². The summed E-state index contributed by atoms with van der Waals surface area (Å²) in [6, 6.07) is 0. The maximum Gasteiger partial charge on any atom is 0.248 e. The Morgan fingerprint density at radius 1 is 1.17 bits per heavy atom. The van der Waals surface area contributed by atoms with Gasteiger partial charge >= 0.3 is 0 Å². The highest BCUT2D eigenvalue weighted by Crippen LogP contribution is 2.45. The van der Waals surface area contributed by atoms with Crippen molar-refractivity contribution in [3.63, 3.8) is 0 Å². The minimum atomic E-state index is 0.135. The lowest BCUT2D eigenvalue weighted by Gasteiger charge is -2.49. The number of nitrogens with zero attached hydrogens (tertiary/aromatic N) is 1. The summed E-state index contributed by atoms with van der Waals surface area (Å²) in [5.74, 6) is 1.43. The molecule has 3 aliphatic rings. The Hall–Kier alpha value is -0.650. The van der Waals surface area contributed by atoms with E-state index in [0.29, 0.717) is 17.9 Å². The van der Waals surface area contributed by atoms with Crippen molar-refractivity contribution in [2.75, 3.05) is 52.7 Å². The van der Waals surface area contributed by atoms with Crippen LogP contribution < -0.4 is 0 Å². The van der Waals surface area contributed by atoms with E-state index >= 15 is 0 Å². The second-order valence-corrected chi connectivity index (χ2v) is 7.38. The molecule has 1 amide bonds. The molecular formula is C18H31NO4. The van der Waals surface area contributed by atoms with Crippen LogP contribution >= 0.6 is 0 Å². The van der Waals surface area contributed by atoms with Gasteiger partial charge in [0.25, 0.3) is 0 Å². The molecular weight excluding hydrogens is 294 g/mol. The average molecular weight is 325 g/mol. The van der Waals surface area contributed by atoms with E-state index in [0.717, 1.165) is 64.7 Å². The third-order valence-electron chi connectivity index (χ3n) is 5.84. The van der Waals surface area contributed by atoms with Gasteiger partial charge in [0, 0.05) is 38.8 Å². The Balaban J connectivity index is 1.49. The molecule has 2 heterocycles. The number of hydrogen-bond acceptors (Lipinski definition) is 4. The molecule has 1 atom stereocenters. The van der Waals surface area contributed by atoms with E-state index in [-0.39, 0.29) is 12.5 Å². The number of hydrogen-bond donors (Lipinski definition) is 0. The van der Waals surface area contributed by atoms with Crippen LogP contribution in [0.25, 0.3) is 0 Å². The SMILES string of the molecule is CCOCC(=O)N1CCC2(CCOCC2COCC2CC2)CC1. The average Bonchev–Trinajstić information content (AvgIpc) is 3.39. The normalized spacial score (nSPS) is 27.3. The molecule has 0 aromatic carbocycles. The first-order chi connectivity index (χ1) is 11.2. The van der Waals surface area contributed by atoms with Gasteiger partial charge in [-0.2, -0.15) is 0 Å². The van der Waals surface area contributed by atoms with Crippen LogP contribution in [0, 0.1) is 17.3 Å². The Bertz CT molecular complexity index is 388. The van der Waals surface area contributed by atoms with Gasteiger partial charge in [-0.1, -0.05) is 0 Å². The number of carbonyl (C=O) groups excluding carboxylic acids is 1.